The van der Waals surface area contributed by atoms with Crippen LogP contribution in [0.25, 0.3) is 0 Å². The molecular weight excluding hydrogens is 292 g/mol. The summed E-state index contributed by atoms with van der Waals surface area (Å²) in [6, 6.07) is 0. The Hall–Kier alpha value is 0.270. The van der Waals surface area contributed by atoms with Gasteiger partial charge in [-0.3, -0.25) is 0 Å². The molecule has 2 nitrogen and oxygen atoms in total. The average molecular weight is 333 g/mol. The molecule has 0 spiro atoms. The van der Waals surface area contributed by atoms with Crippen LogP contribution in [0.1, 0.15) is 90.9 Å². The zero-order valence-electron chi connectivity index (χ0n) is 15.2. The van der Waals surface area contributed by atoms with Gasteiger partial charge >= 0.3 is 0 Å². The van der Waals surface area contributed by atoms with Gasteiger partial charge in [-0.2, -0.15) is 11.8 Å². The van der Waals surface area contributed by atoms with Gasteiger partial charge in [0.15, 0.2) is 0 Å². The molecule has 0 heterocycles. The molecule has 1 N–H and O–H groups in total. The van der Waals surface area contributed by atoms with Gasteiger partial charge < -0.3 is 9.84 Å². The predicted octanol–water partition coefficient (Wildman–Crippen LogP) is 5.82. The third-order valence-electron chi connectivity index (χ3n) is 4.05. The normalized spacial score (nSPS) is 12.7. The van der Waals surface area contributed by atoms with Crippen molar-refractivity contribution in [2.45, 2.75) is 97.0 Å². The molecule has 22 heavy (non-hydrogen) atoms. The molecule has 0 aliphatic heterocycles. The van der Waals surface area contributed by atoms with Crippen LogP contribution in [0.3, 0.4) is 0 Å². The summed E-state index contributed by atoms with van der Waals surface area (Å²) >= 11 is 1.92. The van der Waals surface area contributed by atoms with E-state index in [-0.39, 0.29) is 12.7 Å². The van der Waals surface area contributed by atoms with Crippen molar-refractivity contribution in [2.24, 2.45) is 0 Å². The molecule has 0 amide bonds. The van der Waals surface area contributed by atoms with E-state index in [1.54, 1.807) is 0 Å². The minimum Gasteiger partial charge on any atom is -0.394 e. The van der Waals surface area contributed by atoms with E-state index in [1.165, 1.54) is 82.8 Å². The molecule has 0 saturated heterocycles. The van der Waals surface area contributed by atoms with Crippen LogP contribution in [0.15, 0.2) is 0 Å². The second-order valence-corrected chi connectivity index (χ2v) is 7.37. The third kappa shape index (κ3) is 16.6. The Bertz CT molecular complexity index is 200. The summed E-state index contributed by atoms with van der Waals surface area (Å²) in [5, 5.41) is 9.12. The molecule has 0 aliphatic rings. The number of hydrogen-bond donors (Lipinski definition) is 1. The zero-order valence-corrected chi connectivity index (χ0v) is 16.0. The van der Waals surface area contributed by atoms with Crippen LogP contribution < -0.4 is 0 Å². The summed E-state index contributed by atoms with van der Waals surface area (Å²) < 4.78 is 5.43. The first-order valence-electron chi connectivity index (χ1n) is 9.65. The first-order valence-corrected chi connectivity index (χ1v) is 10.8. The molecule has 1 unspecified atom stereocenters. The lowest BCUT2D eigenvalue weighted by Crippen LogP contribution is -2.20. The summed E-state index contributed by atoms with van der Waals surface area (Å²) in [4.78, 5) is 0. The SMILES string of the molecule is CCCCCCCCCCCCCCSCC(CO)OCC. The van der Waals surface area contributed by atoms with Crippen molar-refractivity contribution >= 4 is 11.8 Å². The molecule has 3 heteroatoms. The lowest BCUT2D eigenvalue weighted by atomic mass is 10.1. The second-order valence-electron chi connectivity index (χ2n) is 6.22. The number of aliphatic hydroxyl groups excluding tert-OH is 1. The van der Waals surface area contributed by atoms with Gasteiger partial charge in [0, 0.05) is 12.4 Å². The minimum absolute atomic E-state index is 0.0346. The Morgan fingerprint density at radius 3 is 1.73 bits per heavy atom. The second kappa shape index (κ2) is 19.3. The summed E-state index contributed by atoms with van der Waals surface area (Å²) in [7, 11) is 0. The Morgan fingerprint density at radius 2 is 1.27 bits per heavy atom. The van der Waals surface area contributed by atoms with E-state index in [9.17, 15) is 0 Å². The Labute approximate surface area is 143 Å². The molecule has 0 aromatic rings. The monoisotopic (exact) mass is 332 g/mol. The van der Waals surface area contributed by atoms with Crippen LogP contribution in [-0.4, -0.2) is 35.9 Å². The van der Waals surface area contributed by atoms with Gasteiger partial charge in [-0.15, -0.1) is 0 Å². The maximum atomic E-state index is 9.12. The van der Waals surface area contributed by atoms with Gasteiger partial charge in [0.2, 0.25) is 0 Å². The van der Waals surface area contributed by atoms with Crippen molar-refractivity contribution in [3.63, 3.8) is 0 Å². The topological polar surface area (TPSA) is 29.5 Å². The first kappa shape index (κ1) is 22.3. The summed E-state index contributed by atoms with van der Waals surface area (Å²) in [6.07, 6.45) is 16.9. The minimum atomic E-state index is 0.0346. The van der Waals surface area contributed by atoms with Crippen LogP contribution in [0.4, 0.5) is 0 Å². The van der Waals surface area contributed by atoms with Crippen LogP contribution in [0, 0.1) is 0 Å². The van der Waals surface area contributed by atoms with E-state index in [4.69, 9.17) is 9.84 Å². The fraction of sp³-hybridized carbons (Fsp3) is 1.00. The zero-order chi connectivity index (χ0) is 16.3. The highest BCUT2D eigenvalue weighted by Gasteiger charge is 2.05. The molecule has 0 aliphatic carbocycles. The van der Waals surface area contributed by atoms with Gasteiger partial charge in [-0.1, -0.05) is 77.6 Å². The van der Waals surface area contributed by atoms with E-state index >= 15 is 0 Å². The largest absolute Gasteiger partial charge is 0.394 e. The van der Waals surface area contributed by atoms with Gasteiger partial charge in [-0.25, -0.2) is 0 Å². The number of ether oxygens (including phenoxy) is 1. The van der Waals surface area contributed by atoms with Gasteiger partial charge in [-0.05, 0) is 19.1 Å². The molecule has 134 valence electrons. The van der Waals surface area contributed by atoms with E-state index in [0.29, 0.717) is 6.61 Å². The Kier molecular flexibility index (Phi) is 19.6. The van der Waals surface area contributed by atoms with Crippen LogP contribution >= 0.6 is 11.8 Å². The van der Waals surface area contributed by atoms with E-state index in [2.05, 4.69) is 6.92 Å². The molecular formula is C19H40O2S. The maximum absolute atomic E-state index is 9.12. The predicted molar refractivity (Wildman–Crippen MR) is 101 cm³/mol. The highest BCUT2D eigenvalue weighted by Crippen LogP contribution is 2.14. The molecule has 0 radical (unpaired) electrons. The summed E-state index contributed by atoms with van der Waals surface area (Å²) in [6.45, 7) is 5.12. The van der Waals surface area contributed by atoms with Crippen molar-refractivity contribution in [1.29, 1.82) is 0 Å². The molecule has 0 rings (SSSR count). The molecule has 0 saturated carbocycles. The lowest BCUT2D eigenvalue weighted by molar-refractivity contribution is 0.0356. The van der Waals surface area contributed by atoms with E-state index in [0.717, 1.165) is 5.75 Å². The van der Waals surface area contributed by atoms with Crippen molar-refractivity contribution in [2.75, 3.05) is 24.7 Å². The van der Waals surface area contributed by atoms with Crippen LogP contribution in [0.5, 0.6) is 0 Å². The molecule has 0 fully saturated rings. The number of thioether (sulfide) groups is 1. The molecule has 0 bridgehead atoms. The molecule has 1 atom stereocenters. The third-order valence-corrected chi connectivity index (χ3v) is 5.24. The summed E-state index contributed by atoms with van der Waals surface area (Å²) in [5.41, 5.74) is 0. The Morgan fingerprint density at radius 1 is 0.773 bits per heavy atom. The Balaban J connectivity index is 3.08. The fourth-order valence-electron chi connectivity index (χ4n) is 2.65. The quantitative estimate of drug-likeness (QED) is 0.321. The molecule has 0 aromatic heterocycles. The number of aliphatic hydroxyl groups is 1. The van der Waals surface area contributed by atoms with Crippen molar-refractivity contribution in [3.05, 3.63) is 0 Å². The number of unbranched alkanes of at least 4 members (excludes halogenated alkanes) is 11. The highest BCUT2D eigenvalue weighted by atomic mass is 32.2. The van der Waals surface area contributed by atoms with Crippen molar-refractivity contribution < 1.29 is 9.84 Å². The lowest BCUT2D eigenvalue weighted by Gasteiger charge is -2.13. The highest BCUT2D eigenvalue weighted by molar-refractivity contribution is 7.99. The van der Waals surface area contributed by atoms with Crippen molar-refractivity contribution in [1.82, 2.24) is 0 Å². The van der Waals surface area contributed by atoms with Crippen LogP contribution in [-0.2, 0) is 4.74 Å². The van der Waals surface area contributed by atoms with E-state index in [1.807, 2.05) is 18.7 Å². The smallest absolute Gasteiger partial charge is 0.0895 e. The molecule has 0 aromatic carbocycles. The van der Waals surface area contributed by atoms with E-state index < -0.39 is 0 Å². The summed E-state index contributed by atoms with van der Waals surface area (Å²) in [5.74, 6) is 2.14. The van der Waals surface area contributed by atoms with Gasteiger partial charge in [0.1, 0.15) is 0 Å². The standard InChI is InChI=1S/C19H40O2S/c1-3-5-6-7-8-9-10-11-12-13-14-15-16-22-18-19(17-20)21-4-2/h19-20H,3-18H2,1-2H3. The van der Waals surface area contributed by atoms with Gasteiger partial charge in [0.25, 0.3) is 0 Å². The van der Waals surface area contributed by atoms with Gasteiger partial charge in [0.05, 0.1) is 12.7 Å². The fourth-order valence-corrected chi connectivity index (χ4v) is 3.69. The average Bonchev–Trinajstić information content (AvgIpc) is 2.54. The first-order chi connectivity index (χ1) is 10.8. The number of rotatable bonds is 18. The van der Waals surface area contributed by atoms with Crippen LogP contribution in [0.2, 0.25) is 0 Å². The maximum Gasteiger partial charge on any atom is 0.0895 e. The number of hydrogen-bond acceptors (Lipinski definition) is 3. The van der Waals surface area contributed by atoms with Crippen molar-refractivity contribution in [3.8, 4) is 0 Å².